The largest absolute Gasteiger partial charge is 0.311 e. The van der Waals surface area contributed by atoms with Crippen molar-refractivity contribution in [3.05, 3.63) is 40.6 Å². The summed E-state index contributed by atoms with van der Waals surface area (Å²) in [5.41, 5.74) is 1.10. The molecule has 96 valence electrons. The van der Waals surface area contributed by atoms with Crippen LogP contribution < -0.4 is 5.32 Å². The smallest absolute Gasteiger partial charge is 0.0761 e. The van der Waals surface area contributed by atoms with Crippen molar-refractivity contribution in [2.45, 2.75) is 10.9 Å². The number of hydrogen-bond acceptors (Lipinski definition) is 4. The van der Waals surface area contributed by atoms with Crippen LogP contribution in [0.1, 0.15) is 11.7 Å². The molecule has 0 saturated carbocycles. The number of thioether (sulfide) groups is 1. The lowest BCUT2D eigenvalue weighted by Gasteiger charge is -2.15. The lowest BCUT2D eigenvalue weighted by atomic mass is 10.2. The number of hydrogen-bond donors (Lipinski definition) is 1. The molecule has 1 aromatic heterocycles. The van der Waals surface area contributed by atoms with E-state index in [0.717, 1.165) is 15.9 Å². The van der Waals surface area contributed by atoms with E-state index in [1.165, 1.54) is 4.90 Å². The van der Waals surface area contributed by atoms with Crippen LogP contribution >= 0.6 is 27.7 Å². The summed E-state index contributed by atoms with van der Waals surface area (Å²) in [5, 5.41) is 11.2. The van der Waals surface area contributed by atoms with E-state index in [1.54, 1.807) is 0 Å². The zero-order valence-corrected chi connectivity index (χ0v) is 12.7. The molecule has 0 spiro atoms. The minimum atomic E-state index is 0.244. The van der Waals surface area contributed by atoms with Crippen LogP contribution in [0, 0.1) is 0 Å². The van der Waals surface area contributed by atoms with Crippen molar-refractivity contribution in [1.29, 1.82) is 0 Å². The zero-order chi connectivity index (χ0) is 13.0. The van der Waals surface area contributed by atoms with Gasteiger partial charge in [-0.2, -0.15) is 0 Å². The Labute approximate surface area is 119 Å². The number of rotatable bonds is 5. The van der Waals surface area contributed by atoms with Gasteiger partial charge in [-0.05, 0) is 25.2 Å². The van der Waals surface area contributed by atoms with Gasteiger partial charge in [0.05, 0.1) is 17.9 Å². The zero-order valence-electron chi connectivity index (χ0n) is 10.3. The van der Waals surface area contributed by atoms with Crippen molar-refractivity contribution in [3.63, 3.8) is 0 Å². The van der Waals surface area contributed by atoms with E-state index in [0.29, 0.717) is 0 Å². The molecule has 6 heteroatoms. The highest BCUT2D eigenvalue weighted by molar-refractivity contribution is 9.10. The van der Waals surface area contributed by atoms with Gasteiger partial charge in [-0.3, -0.25) is 4.68 Å². The van der Waals surface area contributed by atoms with Crippen LogP contribution in [0.4, 0.5) is 0 Å². The van der Waals surface area contributed by atoms with Gasteiger partial charge in [-0.25, -0.2) is 0 Å². The predicted molar refractivity (Wildman–Crippen MR) is 77.7 cm³/mol. The molecular weight excluding hydrogens is 312 g/mol. The Morgan fingerprint density at radius 3 is 2.94 bits per heavy atom. The second-order valence-corrected chi connectivity index (χ2v) is 5.90. The fourth-order valence-corrected chi connectivity index (χ4v) is 3.30. The number of aryl methyl sites for hydroxylation is 1. The third kappa shape index (κ3) is 3.34. The maximum Gasteiger partial charge on any atom is 0.0761 e. The number of benzene rings is 1. The molecule has 0 radical (unpaired) electrons. The molecule has 2 aromatic rings. The van der Waals surface area contributed by atoms with Crippen molar-refractivity contribution in [2.75, 3.05) is 12.8 Å². The monoisotopic (exact) mass is 326 g/mol. The van der Waals surface area contributed by atoms with Crippen LogP contribution in [0.5, 0.6) is 0 Å². The minimum Gasteiger partial charge on any atom is -0.311 e. The molecule has 1 atom stereocenters. The van der Waals surface area contributed by atoms with Crippen LogP contribution in [0.3, 0.4) is 0 Å². The Morgan fingerprint density at radius 2 is 2.33 bits per heavy atom. The SMILES string of the molecule is CNC(CSc1cccc(Br)c1)c1cnnn1C. The van der Waals surface area contributed by atoms with Crippen LogP contribution in [0.2, 0.25) is 0 Å². The number of halogens is 1. The third-order valence-corrected chi connectivity index (χ3v) is 4.25. The molecule has 1 heterocycles. The first-order valence-corrected chi connectivity index (χ1v) is 7.39. The molecule has 0 aliphatic carbocycles. The summed E-state index contributed by atoms with van der Waals surface area (Å²) in [6.07, 6.45) is 1.81. The van der Waals surface area contributed by atoms with Gasteiger partial charge in [0.1, 0.15) is 0 Å². The number of nitrogens with zero attached hydrogens (tertiary/aromatic N) is 3. The predicted octanol–water partition coefficient (Wildman–Crippen LogP) is 2.63. The third-order valence-electron chi connectivity index (χ3n) is 2.67. The van der Waals surface area contributed by atoms with Gasteiger partial charge in [-0.1, -0.05) is 27.2 Å². The van der Waals surface area contributed by atoms with E-state index in [9.17, 15) is 0 Å². The Kier molecular flexibility index (Phi) is 4.79. The Hall–Kier alpha value is -0.850. The van der Waals surface area contributed by atoms with E-state index < -0.39 is 0 Å². The average Bonchev–Trinajstić information content (AvgIpc) is 2.77. The Bertz CT molecular complexity index is 514. The molecule has 18 heavy (non-hydrogen) atoms. The van der Waals surface area contributed by atoms with E-state index >= 15 is 0 Å². The molecule has 0 saturated heterocycles. The molecule has 0 aliphatic heterocycles. The molecule has 1 aromatic carbocycles. The van der Waals surface area contributed by atoms with Crippen LogP contribution in [0.25, 0.3) is 0 Å². The number of nitrogens with one attached hydrogen (secondary N) is 1. The van der Waals surface area contributed by atoms with Crippen molar-refractivity contribution < 1.29 is 0 Å². The number of aromatic nitrogens is 3. The lowest BCUT2D eigenvalue weighted by molar-refractivity contribution is 0.580. The second kappa shape index (κ2) is 6.36. The lowest BCUT2D eigenvalue weighted by Crippen LogP contribution is -2.21. The van der Waals surface area contributed by atoms with Gasteiger partial charge in [0.2, 0.25) is 0 Å². The average molecular weight is 327 g/mol. The van der Waals surface area contributed by atoms with Crippen LogP contribution in [0.15, 0.2) is 39.8 Å². The summed E-state index contributed by atoms with van der Waals surface area (Å²) >= 11 is 5.30. The standard InChI is InChI=1S/C12H15BrN4S/c1-14-11(12-7-15-16-17(12)2)8-18-10-5-3-4-9(13)6-10/h3-7,11,14H,8H2,1-2H3. The fraction of sp³-hybridized carbons (Fsp3) is 0.333. The van der Waals surface area contributed by atoms with Crippen molar-refractivity contribution in [1.82, 2.24) is 20.3 Å². The van der Waals surface area contributed by atoms with Crippen molar-refractivity contribution in [3.8, 4) is 0 Å². The van der Waals surface area contributed by atoms with Gasteiger partial charge in [0, 0.05) is 22.2 Å². The molecule has 0 aliphatic rings. The molecule has 2 rings (SSSR count). The van der Waals surface area contributed by atoms with Crippen LogP contribution in [-0.4, -0.2) is 27.8 Å². The topological polar surface area (TPSA) is 42.7 Å². The molecular formula is C12H15BrN4S. The Morgan fingerprint density at radius 1 is 1.50 bits per heavy atom. The molecule has 1 unspecified atom stereocenters. The van der Waals surface area contributed by atoms with Gasteiger partial charge in [-0.15, -0.1) is 16.9 Å². The maximum absolute atomic E-state index is 3.96. The summed E-state index contributed by atoms with van der Waals surface area (Å²) in [6, 6.07) is 8.56. The van der Waals surface area contributed by atoms with E-state index in [4.69, 9.17) is 0 Å². The molecule has 0 bridgehead atoms. The van der Waals surface area contributed by atoms with E-state index in [2.05, 4.69) is 43.7 Å². The molecule has 1 N–H and O–H groups in total. The van der Waals surface area contributed by atoms with Gasteiger partial charge in [0.15, 0.2) is 0 Å². The quantitative estimate of drug-likeness (QED) is 0.858. The van der Waals surface area contributed by atoms with Crippen LogP contribution in [-0.2, 0) is 7.05 Å². The minimum absolute atomic E-state index is 0.244. The molecule has 0 fully saturated rings. The van der Waals surface area contributed by atoms with Crippen molar-refractivity contribution in [2.24, 2.45) is 7.05 Å². The van der Waals surface area contributed by atoms with Crippen molar-refractivity contribution >= 4 is 27.7 Å². The van der Waals surface area contributed by atoms with Gasteiger partial charge in [0.25, 0.3) is 0 Å². The normalized spacial score (nSPS) is 12.6. The maximum atomic E-state index is 3.96. The highest BCUT2D eigenvalue weighted by Crippen LogP contribution is 2.26. The summed E-state index contributed by atoms with van der Waals surface area (Å²) in [6.45, 7) is 0. The first kappa shape index (κ1) is 13.6. The first-order valence-electron chi connectivity index (χ1n) is 5.61. The van der Waals surface area contributed by atoms with Gasteiger partial charge >= 0.3 is 0 Å². The molecule has 0 amide bonds. The molecule has 4 nitrogen and oxygen atoms in total. The van der Waals surface area contributed by atoms with Gasteiger partial charge < -0.3 is 5.32 Å². The van der Waals surface area contributed by atoms with E-state index in [-0.39, 0.29) is 6.04 Å². The highest BCUT2D eigenvalue weighted by Gasteiger charge is 2.14. The Balaban J connectivity index is 2.02. The first-order chi connectivity index (χ1) is 8.70. The summed E-state index contributed by atoms with van der Waals surface area (Å²) < 4.78 is 2.92. The summed E-state index contributed by atoms with van der Waals surface area (Å²) in [4.78, 5) is 1.25. The highest BCUT2D eigenvalue weighted by atomic mass is 79.9. The second-order valence-electron chi connectivity index (χ2n) is 3.89. The fourth-order valence-electron chi connectivity index (χ4n) is 1.67. The summed E-state index contributed by atoms with van der Waals surface area (Å²) in [7, 11) is 3.87. The summed E-state index contributed by atoms with van der Waals surface area (Å²) in [5.74, 6) is 0.939. The van der Waals surface area contributed by atoms with E-state index in [1.807, 2.05) is 48.9 Å².